The van der Waals surface area contributed by atoms with Crippen LogP contribution in [0.3, 0.4) is 0 Å². The first-order valence-electron chi connectivity index (χ1n) is 11.8. The number of esters is 2. The highest BCUT2D eigenvalue weighted by Crippen LogP contribution is 2.78. The summed E-state index contributed by atoms with van der Waals surface area (Å²) in [6.07, 6.45) is 4.05. The van der Waals surface area contributed by atoms with Crippen LogP contribution < -0.4 is 0 Å². The van der Waals surface area contributed by atoms with Crippen molar-refractivity contribution in [1.82, 2.24) is 0 Å². The minimum absolute atomic E-state index is 0.0109. The molecule has 1 heterocycles. The molecule has 5 heteroatoms. The Hall–Kier alpha value is -1.10. The molecule has 0 radical (unpaired) electrons. The number of rotatable bonds is 2. The Bertz CT molecular complexity index is 811. The van der Waals surface area contributed by atoms with Gasteiger partial charge in [-0.05, 0) is 55.8 Å². The number of hydrogen-bond donors (Lipinski definition) is 0. The predicted octanol–water partition coefficient (Wildman–Crippen LogP) is 4.27. The molecule has 5 nitrogen and oxygen atoms in total. The van der Waals surface area contributed by atoms with E-state index in [-0.39, 0.29) is 46.4 Å². The van der Waals surface area contributed by atoms with Crippen molar-refractivity contribution < 1.29 is 25.2 Å². The average molecular weight is 406 g/mol. The summed E-state index contributed by atoms with van der Waals surface area (Å²) in [5, 5.41) is 0. The van der Waals surface area contributed by atoms with Crippen LogP contribution in [0.5, 0.6) is 0 Å². The first-order valence-corrected chi connectivity index (χ1v) is 11.3. The summed E-state index contributed by atoms with van der Waals surface area (Å²) in [5.41, 5.74) is -0.617. The van der Waals surface area contributed by atoms with Crippen molar-refractivity contribution in [3.8, 4) is 0 Å². The van der Waals surface area contributed by atoms with Crippen molar-refractivity contribution in [3.63, 3.8) is 0 Å². The van der Waals surface area contributed by atoms with E-state index >= 15 is 0 Å². The molecule has 4 saturated carbocycles. The summed E-state index contributed by atoms with van der Waals surface area (Å²) in [5.74, 6) is -0.123. The van der Waals surface area contributed by atoms with Crippen molar-refractivity contribution >= 4 is 11.9 Å². The highest BCUT2D eigenvalue weighted by atomic mass is 16.6. The summed E-state index contributed by atoms with van der Waals surface area (Å²) < 4.78 is 27.4. The summed E-state index contributed by atoms with van der Waals surface area (Å²) in [6, 6.07) is 0. The van der Waals surface area contributed by atoms with Gasteiger partial charge < -0.3 is 14.2 Å². The molecule has 5 aliphatic rings. The van der Waals surface area contributed by atoms with Crippen LogP contribution in [0.2, 0.25) is 0 Å². The molecule has 1 saturated heterocycles. The van der Waals surface area contributed by atoms with Crippen LogP contribution in [0.25, 0.3) is 0 Å². The molecule has 5 rings (SSSR count). The normalized spacial score (nSPS) is 56.9. The number of carbonyl (C=O) groups is 2. The van der Waals surface area contributed by atoms with E-state index in [1.807, 2.05) is 0 Å². The lowest BCUT2D eigenvalue weighted by Gasteiger charge is -2.67. The summed E-state index contributed by atoms with van der Waals surface area (Å²) in [4.78, 5) is 24.1. The number of fused-ring (bicyclic) bond motifs is 5. The van der Waals surface area contributed by atoms with E-state index in [1.54, 1.807) is 0 Å². The van der Waals surface area contributed by atoms with Gasteiger partial charge in [0.15, 0.2) is 0 Å². The van der Waals surface area contributed by atoms with Gasteiger partial charge in [-0.2, -0.15) is 0 Å². The van der Waals surface area contributed by atoms with Gasteiger partial charge in [-0.15, -0.1) is 0 Å². The fourth-order valence-corrected chi connectivity index (χ4v) is 8.72. The zero-order chi connectivity index (χ0) is 21.9. The number of ether oxygens (including phenoxy) is 3. The zero-order valence-corrected chi connectivity index (χ0v) is 18.7. The largest absolute Gasteiger partial charge is 0.462 e. The maximum Gasteiger partial charge on any atom is 0.302 e. The van der Waals surface area contributed by atoms with Crippen LogP contribution in [0.15, 0.2) is 0 Å². The Kier molecular flexibility index (Phi) is 3.71. The molecule has 0 aromatic heterocycles. The first-order chi connectivity index (χ1) is 13.8. The molecular weight excluding hydrogens is 368 g/mol. The maximum absolute atomic E-state index is 12.1. The molecule has 0 amide bonds. The SMILES string of the molecule is [2H][C@@]1(OC(C)=O)C[C@@H]2[C@]3(CC[C@@H]4C(C)(C)CC[C@H](OC(C)=O)[C@]42C)C[C@@]1(C)[C@H]1O[C@H]13. The molecule has 1 aliphatic heterocycles. The van der Waals surface area contributed by atoms with Crippen LogP contribution >= 0.6 is 0 Å². The second-order valence-electron chi connectivity index (χ2n) is 11.7. The fraction of sp³-hybridized carbons (Fsp3) is 0.917. The van der Waals surface area contributed by atoms with Crippen molar-refractivity contribution in [1.29, 1.82) is 0 Å². The van der Waals surface area contributed by atoms with Gasteiger partial charge in [-0.3, -0.25) is 9.59 Å². The van der Waals surface area contributed by atoms with Crippen LogP contribution in [0, 0.1) is 33.5 Å². The average Bonchev–Trinajstić information content (AvgIpc) is 3.37. The molecular formula is C24H36O5. The minimum atomic E-state index is -1.31. The molecule has 4 aliphatic carbocycles. The Morgan fingerprint density at radius 3 is 2.31 bits per heavy atom. The van der Waals surface area contributed by atoms with E-state index in [1.165, 1.54) is 13.8 Å². The molecule has 0 aromatic carbocycles. The molecule has 0 unspecified atom stereocenters. The molecule has 5 fully saturated rings. The standard InChI is InChI=1S/C24H36O5/c1-13(25)27-17-8-9-21(3,4)15-7-10-24-12-22(5,19-20(24)29-19)18(28-14(2)26)11-16(24)23(15,17)6/h15-20H,7-12H2,1-6H3/t15-,16+,17+,18-,19+,20-,22-,23-,24+/m1/s1/i18D. The van der Waals surface area contributed by atoms with Gasteiger partial charge in [0.2, 0.25) is 0 Å². The highest BCUT2D eigenvalue weighted by molar-refractivity contribution is 5.66. The lowest BCUT2D eigenvalue weighted by molar-refractivity contribution is -0.241. The monoisotopic (exact) mass is 405 g/mol. The van der Waals surface area contributed by atoms with Gasteiger partial charge in [0.1, 0.15) is 12.2 Å². The summed E-state index contributed by atoms with van der Waals surface area (Å²) >= 11 is 0. The molecule has 162 valence electrons. The lowest BCUT2D eigenvalue weighted by Crippen LogP contribution is -2.65. The predicted molar refractivity (Wildman–Crippen MR) is 107 cm³/mol. The maximum atomic E-state index is 12.1. The van der Waals surface area contributed by atoms with Gasteiger partial charge in [-0.1, -0.05) is 27.7 Å². The second kappa shape index (κ2) is 5.77. The Morgan fingerprint density at radius 1 is 0.966 bits per heavy atom. The third-order valence-electron chi connectivity index (χ3n) is 9.77. The van der Waals surface area contributed by atoms with E-state index < -0.39 is 17.5 Å². The van der Waals surface area contributed by atoms with Crippen molar-refractivity contribution in [2.75, 3.05) is 0 Å². The molecule has 0 N–H and O–H groups in total. The number of epoxide rings is 1. The van der Waals surface area contributed by atoms with E-state index in [0.29, 0.717) is 12.3 Å². The van der Waals surface area contributed by atoms with Crippen LogP contribution in [-0.4, -0.2) is 36.3 Å². The Balaban J connectivity index is 1.64. The minimum Gasteiger partial charge on any atom is -0.462 e. The fourth-order valence-electron chi connectivity index (χ4n) is 8.72. The van der Waals surface area contributed by atoms with Crippen molar-refractivity contribution in [3.05, 3.63) is 0 Å². The van der Waals surface area contributed by atoms with E-state index in [2.05, 4.69) is 27.7 Å². The Labute approximate surface area is 175 Å². The molecule has 0 aromatic rings. The number of carbonyl (C=O) groups excluding carboxylic acids is 2. The van der Waals surface area contributed by atoms with Crippen LogP contribution in [-0.2, 0) is 23.8 Å². The lowest BCUT2D eigenvalue weighted by atomic mass is 9.39. The molecule has 2 bridgehead atoms. The molecule has 9 atom stereocenters. The molecule has 1 spiro atoms. The van der Waals surface area contributed by atoms with Crippen LogP contribution in [0.1, 0.15) is 81.4 Å². The summed E-state index contributed by atoms with van der Waals surface area (Å²) in [6.45, 7) is 12.0. The third-order valence-corrected chi connectivity index (χ3v) is 9.77. The van der Waals surface area contributed by atoms with Crippen molar-refractivity contribution in [2.24, 2.45) is 33.5 Å². The topological polar surface area (TPSA) is 65.1 Å². The van der Waals surface area contributed by atoms with E-state index in [4.69, 9.17) is 14.2 Å². The smallest absolute Gasteiger partial charge is 0.302 e. The van der Waals surface area contributed by atoms with Gasteiger partial charge in [0.25, 0.3) is 0 Å². The second-order valence-corrected chi connectivity index (χ2v) is 11.7. The zero-order valence-electron chi connectivity index (χ0n) is 19.7. The summed E-state index contributed by atoms with van der Waals surface area (Å²) in [7, 11) is 0. The van der Waals surface area contributed by atoms with E-state index in [9.17, 15) is 11.0 Å². The van der Waals surface area contributed by atoms with Gasteiger partial charge in [-0.25, -0.2) is 0 Å². The first kappa shape index (κ1) is 18.7. The highest BCUT2D eigenvalue weighted by Gasteiger charge is 2.80. The van der Waals surface area contributed by atoms with Gasteiger partial charge in [0.05, 0.1) is 13.6 Å². The van der Waals surface area contributed by atoms with E-state index in [0.717, 1.165) is 32.1 Å². The Morgan fingerprint density at radius 2 is 1.66 bits per heavy atom. The van der Waals surface area contributed by atoms with Gasteiger partial charge in [0, 0.05) is 30.1 Å². The van der Waals surface area contributed by atoms with Crippen LogP contribution in [0.4, 0.5) is 0 Å². The quantitative estimate of drug-likeness (QED) is 0.507. The van der Waals surface area contributed by atoms with Crippen molar-refractivity contribution in [2.45, 2.75) is 104 Å². The number of hydrogen-bond acceptors (Lipinski definition) is 5. The van der Waals surface area contributed by atoms with Gasteiger partial charge >= 0.3 is 11.9 Å². The molecule has 29 heavy (non-hydrogen) atoms. The third kappa shape index (κ3) is 2.43.